The van der Waals surface area contributed by atoms with E-state index in [-0.39, 0.29) is 6.42 Å². The predicted octanol–water partition coefficient (Wildman–Crippen LogP) is 1.95. The summed E-state index contributed by atoms with van der Waals surface area (Å²) in [6, 6.07) is 0. The number of nitrogens with one attached hydrogen (secondary N) is 1. The fourth-order valence-corrected chi connectivity index (χ4v) is 2.83. The summed E-state index contributed by atoms with van der Waals surface area (Å²) in [5, 5.41) is 3.09. The Morgan fingerprint density at radius 2 is 1.87 bits per heavy atom. The van der Waals surface area contributed by atoms with Crippen LogP contribution < -0.4 is 5.32 Å². The molecule has 0 bridgehead atoms. The Hall–Kier alpha value is -0.290. The number of piperidine rings is 1. The Balaban J connectivity index is 2.17. The summed E-state index contributed by atoms with van der Waals surface area (Å²) < 4.78 is 43.9. The third-order valence-corrected chi connectivity index (χ3v) is 3.71. The minimum absolute atomic E-state index is 0.212. The van der Waals surface area contributed by atoms with Gasteiger partial charge in [0.1, 0.15) is 0 Å². The van der Waals surface area contributed by atoms with E-state index in [1.54, 1.807) is 0 Å². The number of hydrogen-bond acceptors (Lipinski definition) is 2. The van der Waals surface area contributed by atoms with Crippen LogP contribution in [0.3, 0.4) is 0 Å². The molecule has 2 fully saturated rings. The van der Waals surface area contributed by atoms with E-state index in [1.807, 2.05) is 0 Å². The maximum absolute atomic E-state index is 12.9. The SMILES string of the molecule is FC(F)(F)[C@H]1CCNCC12CCOCC2. The van der Waals surface area contributed by atoms with Gasteiger partial charge >= 0.3 is 6.18 Å². The number of hydrogen-bond donors (Lipinski definition) is 1. The van der Waals surface area contributed by atoms with Crippen molar-refractivity contribution in [1.29, 1.82) is 0 Å². The van der Waals surface area contributed by atoms with E-state index in [2.05, 4.69) is 5.32 Å². The molecule has 2 heterocycles. The van der Waals surface area contributed by atoms with Gasteiger partial charge in [0.25, 0.3) is 0 Å². The molecule has 1 N–H and O–H groups in total. The van der Waals surface area contributed by atoms with Crippen molar-refractivity contribution in [2.75, 3.05) is 26.3 Å². The van der Waals surface area contributed by atoms with Crippen LogP contribution in [0.5, 0.6) is 0 Å². The van der Waals surface area contributed by atoms with Gasteiger partial charge in [0, 0.05) is 19.8 Å². The number of alkyl halides is 3. The highest BCUT2D eigenvalue weighted by molar-refractivity contribution is 4.96. The van der Waals surface area contributed by atoms with Gasteiger partial charge in [0.15, 0.2) is 0 Å². The highest BCUT2D eigenvalue weighted by Gasteiger charge is 2.54. The molecule has 1 atom stereocenters. The van der Waals surface area contributed by atoms with Crippen LogP contribution in [0.2, 0.25) is 0 Å². The number of ether oxygens (including phenoxy) is 1. The van der Waals surface area contributed by atoms with Crippen molar-refractivity contribution < 1.29 is 17.9 Å². The second kappa shape index (κ2) is 3.94. The fraction of sp³-hybridized carbons (Fsp3) is 1.00. The zero-order chi connectivity index (χ0) is 10.9. The lowest BCUT2D eigenvalue weighted by atomic mass is 9.66. The van der Waals surface area contributed by atoms with Gasteiger partial charge in [-0.15, -0.1) is 0 Å². The molecule has 0 unspecified atom stereocenters. The normalized spacial score (nSPS) is 31.8. The molecule has 0 aromatic rings. The minimum Gasteiger partial charge on any atom is -0.381 e. The molecule has 2 rings (SSSR count). The summed E-state index contributed by atoms with van der Waals surface area (Å²) in [5.74, 6) is -1.14. The van der Waals surface area contributed by atoms with Crippen LogP contribution in [0, 0.1) is 11.3 Å². The highest BCUT2D eigenvalue weighted by atomic mass is 19.4. The van der Waals surface area contributed by atoms with Crippen molar-refractivity contribution in [3.05, 3.63) is 0 Å². The van der Waals surface area contributed by atoms with E-state index in [9.17, 15) is 13.2 Å². The van der Waals surface area contributed by atoms with E-state index < -0.39 is 17.5 Å². The standard InChI is InChI=1S/C10H16F3NO/c11-10(12,13)8-1-4-14-7-9(8)2-5-15-6-3-9/h8,14H,1-7H2/t8-/m0/s1. The molecule has 88 valence electrons. The zero-order valence-corrected chi connectivity index (χ0v) is 8.57. The zero-order valence-electron chi connectivity index (χ0n) is 8.57. The van der Waals surface area contributed by atoms with Crippen LogP contribution in [0.15, 0.2) is 0 Å². The molecule has 0 saturated carbocycles. The third kappa shape index (κ3) is 2.13. The molecular formula is C10H16F3NO. The summed E-state index contributed by atoms with van der Waals surface area (Å²) >= 11 is 0. The Morgan fingerprint density at radius 3 is 2.47 bits per heavy atom. The van der Waals surface area contributed by atoms with Crippen LogP contribution in [-0.4, -0.2) is 32.5 Å². The minimum atomic E-state index is -4.06. The molecule has 2 nitrogen and oxygen atoms in total. The molecule has 0 aromatic carbocycles. The lowest BCUT2D eigenvalue weighted by Gasteiger charge is -2.47. The fourth-order valence-electron chi connectivity index (χ4n) is 2.83. The second-order valence-electron chi connectivity index (χ2n) is 4.53. The molecule has 0 amide bonds. The molecular weight excluding hydrogens is 207 g/mol. The van der Waals surface area contributed by atoms with Gasteiger partial charge in [-0.1, -0.05) is 0 Å². The van der Waals surface area contributed by atoms with Gasteiger partial charge < -0.3 is 10.1 Å². The van der Waals surface area contributed by atoms with Gasteiger partial charge in [-0.2, -0.15) is 13.2 Å². The Labute approximate surface area is 87.2 Å². The molecule has 1 spiro atoms. The maximum Gasteiger partial charge on any atom is 0.392 e. The first kappa shape index (κ1) is 11.2. The molecule has 15 heavy (non-hydrogen) atoms. The van der Waals surface area contributed by atoms with E-state index >= 15 is 0 Å². The molecule has 0 radical (unpaired) electrons. The van der Waals surface area contributed by atoms with E-state index in [1.165, 1.54) is 0 Å². The maximum atomic E-state index is 12.9. The summed E-state index contributed by atoms with van der Waals surface area (Å²) in [5.41, 5.74) is -0.602. The summed E-state index contributed by atoms with van der Waals surface area (Å²) in [7, 11) is 0. The predicted molar refractivity (Wildman–Crippen MR) is 49.5 cm³/mol. The van der Waals surface area contributed by atoms with Gasteiger partial charge in [0.05, 0.1) is 5.92 Å². The van der Waals surface area contributed by atoms with Crippen molar-refractivity contribution >= 4 is 0 Å². The first-order valence-electron chi connectivity index (χ1n) is 5.40. The summed E-state index contributed by atoms with van der Waals surface area (Å²) in [4.78, 5) is 0. The average molecular weight is 223 g/mol. The van der Waals surface area contributed by atoms with Gasteiger partial charge in [-0.25, -0.2) is 0 Å². The Kier molecular flexibility index (Phi) is 2.94. The molecule has 5 heteroatoms. The van der Waals surface area contributed by atoms with Crippen molar-refractivity contribution in [2.45, 2.75) is 25.4 Å². The van der Waals surface area contributed by atoms with Crippen LogP contribution in [0.4, 0.5) is 13.2 Å². The van der Waals surface area contributed by atoms with E-state index in [0.29, 0.717) is 39.1 Å². The lowest BCUT2D eigenvalue weighted by molar-refractivity contribution is -0.225. The van der Waals surface area contributed by atoms with Crippen LogP contribution in [-0.2, 0) is 4.74 Å². The summed E-state index contributed by atoms with van der Waals surface area (Å²) in [6.45, 7) is 1.90. The van der Waals surface area contributed by atoms with Gasteiger partial charge in [0.2, 0.25) is 0 Å². The topological polar surface area (TPSA) is 21.3 Å². The van der Waals surface area contributed by atoms with E-state index in [0.717, 1.165) is 0 Å². The first-order chi connectivity index (χ1) is 7.05. The Bertz CT molecular complexity index is 215. The summed E-state index contributed by atoms with van der Waals surface area (Å²) in [6.07, 6.45) is -2.78. The van der Waals surface area contributed by atoms with Crippen molar-refractivity contribution in [3.63, 3.8) is 0 Å². The second-order valence-corrected chi connectivity index (χ2v) is 4.53. The first-order valence-corrected chi connectivity index (χ1v) is 5.40. The van der Waals surface area contributed by atoms with Gasteiger partial charge in [-0.05, 0) is 31.2 Å². The molecule has 2 aliphatic rings. The lowest BCUT2D eigenvalue weighted by Crippen LogP contribution is -2.54. The van der Waals surface area contributed by atoms with E-state index in [4.69, 9.17) is 4.74 Å². The molecule has 2 aliphatic heterocycles. The van der Waals surface area contributed by atoms with Crippen molar-refractivity contribution in [3.8, 4) is 0 Å². The van der Waals surface area contributed by atoms with Crippen LogP contribution >= 0.6 is 0 Å². The number of halogens is 3. The molecule has 2 saturated heterocycles. The third-order valence-electron chi connectivity index (χ3n) is 3.71. The Morgan fingerprint density at radius 1 is 1.20 bits per heavy atom. The van der Waals surface area contributed by atoms with Crippen LogP contribution in [0.25, 0.3) is 0 Å². The van der Waals surface area contributed by atoms with Crippen molar-refractivity contribution in [1.82, 2.24) is 5.32 Å². The molecule has 0 aromatic heterocycles. The highest BCUT2D eigenvalue weighted by Crippen LogP contribution is 2.49. The molecule has 0 aliphatic carbocycles. The quantitative estimate of drug-likeness (QED) is 0.677. The van der Waals surface area contributed by atoms with Gasteiger partial charge in [-0.3, -0.25) is 0 Å². The number of rotatable bonds is 0. The van der Waals surface area contributed by atoms with Crippen LogP contribution in [0.1, 0.15) is 19.3 Å². The monoisotopic (exact) mass is 223 g/mol. The average Bonchev–Trinajstić information content (AvgIpc) is 2.18. The smallest absolute Gasteiger partial charge is 0.381 e. The van der Waals surface area contributed by atoms with Crippen molar-refractivity contribution in [2.24, 2.45) is 11.3 Å². The largest absolute Gasteiger partial charge is 0.392 e.